The van der Waals surface area contributed by atoms with Crippen molar-refractivity contribution in [3.05, 3.63) is 12.2 Å². The van der Waals surface area contributed by atoms with Crippen LogP contribution in [0.2, 0.25) is 0 Å². The third kappa shape index (κ3) is 5.44. The molecular formula is C11H21N5O. The number of amides is 1. The Morgan fingerprint density at radius 3 is 2.88 bits per heavy atom. The maximum absolute atomic E-state index is 11.4. The lowest BCUT2D eigenvalue weighted by atomic mass is 10.2. The largest absolute Gasteiger partial charge is 0.355 e. The molecule has 1 heterocycles. The Hall–Kier alpha value is -1.43. The number of nitrogens with one attached hydrogen (secondary N) is 2. The smallest absolute Gasteiger partial charge is 0.233 e. The zero-order chi connectivity index (χ0) is 12.7. The average Bonchev–Trinajstić information content (AvgIpc) is 2.68. The first-order valence-corrected chi connectivity index (χ1v) is 5.90. The van der Waals surface area contributed by atoms with Crippen molar-refractivity contribution in [1.82, 2.24) is 25.4 Å². The van der Waals surface area contributed by atoms with E-state index in [4.69, 9.17) is 0 Å². The van der Waals surface area contributed by atoms with Crippen molar-refractivity contribution < 1.29 is 4.79 Å². The summed E-state index contributed by atoms with van der Waals surface area (Å²) in [5, 5.41) is 13.7. The van der Waals surface area contributed by atoms with Crippen molar-refractivity contribution in [3.8, 4) is 0 Å². The molecular weight excluding hydrogens is 218 g/mol. The van der Waals surface area contributed by atoms with E-state index in [2.05, 4.69) is 34.7 Å². The summed E-state index contributed by atoms with van der Waals surface area (Å²) < 4.78 is 1.88. The van der Waals surface area contributed by atoms with E-state index in [1.54, 1.807) is 6.33 Å². The van der Waals surface area contributed by atoms with Crippen LogP contribution < -0.4 is 10.6 Å². The van der Waals surface area contributed by atoms with Gasteiger partial charge in [-0.2, -0.15) is 0 Å². The maximum atomic E-state index is 11.4. The highest BCUT2D eigenvalue weighted by molar-refractivity contribution is 5.77. The van der Waals surface area contributed by atoms with Gasteiger partial charge in [0.25, 0.3) is 0 Å². The molecule has 1 rings (SSSR count). The van der Waals surface area contributed by atoms with Crippen LogP contribution in [0.1, 0.15) is 19.7 Å². The monoisotopic (exact) mass is 239 g/mol. The van der Waals surface area contributed by atoms with Crippen LogP contribution in [-0.2, 0) is 18.3 Å². The van der Waals surface area contributed by atoms with Gasteiger partial charge in [-0.3, -0.25) is 4.79 Å². The SMILES string of the molecule is CC(C)CNC(=O)CNCCc1nncn1C. The van der Waals surface area contributed by atoms with Gasteiger partial charge in [0.15, 0.2) is 0 Å². The third-order valence-electron chi connectivity index (χ3n) is 2.32. The lowest BCUT2D eigenvalue weighted by Crippen LogP contribution is -2.36. The Morgan fingerprint density at radius 1 is 1.53 bits per heavy atom. The van der Waals surface area contributed by atoms with Crippen LogP contribution in [0.4, 0.5) is 0 Å². The number of nitrogens with zero attached hydrogens (tertiary/aromatic N) is 3. The fourth-order valence-corrected chi connectivity index (χ4v) is 1.32. The zero-order valence-electron chi connectivity index (χ0n) is 10.7. The van der Waals surface area contributed by atoms with Crippen LogP contribution in [0.3, 0.4) is 0 Å². The van der Waals surface area contributed by atoms with E-state index in [1.807, 2.05) is 11.6 Å². The van der Waals surface area contributed by atoms with Gasteiger partial charge in [0.2, 0.25) is 5.91 Å². The van der Waals surface area contributed by atoms with Crippen molar-refractivity contribution in [2.75, 3.05) is 19.6 Å². The van der Waals surface area contributed by atoms with Crippen molar-refractivity contribution in [2.24, 2.45) is 13.0 Å². The normalized spacial score (nSPS) is 10.8. The molecule has 17 heavy (non-hydrogen) atoms. The summed E-state index contributed by atoms with van der Waals surface area (Å²) in [7, 11) is 1.91. The van der Waals surface area contributed by atoms with E-state index in [0.29, 0.717) is 12.5 Å². The predicted molar refractivity (Wildman–Crippen MR) is 65.4 cm³/mol. The number of carbonyl (C=O) groups excluding carboxylic acids is 1. The molecule has 0 aliphatic heterocycles. The molecule has 0 saturated carbocycles. The lowest BCUT2D eigenvalue weighted by molar-refractivity contribution is -0.120. The van der Waals surface area contributed by atoms with Gasteiger partial charge in [-0.15, -0.1) is 10.2 Å². The average molecular weight is 239 g/mol. The third-order valence-corrected chi connectivity index (χ3v) is 2.32. The molecule has 6 nitrogen and oxygen atoms in total. The van der Waals surface area contributed by atoms with Gasteiger partial charge < -0.3 is 15.2 Å². The van der Waals surface area contributed by atoms with E-state index in [0.717, 1.165) is 25.3 Å². The van der Waals surface area contributed by atoms with Gasteiger partial charge in [-0.1, -0.05) is 13.8 Å². The predicted octanol–water partition coefficient (Wildman–Crippen LogP) is -0.281. The quantitative estimate of drug-likeness (QED) is 0.642. The molecule has 0 aromatic carbocycles. The van der Waals surface area contributed by atoms with E-state index in [9.17, 15) is 4.79 Å². The van der Waals surface area contributed by atoms with Crippen LogP contribution in [0.5, 0.6) is 0 Å². The molecule has 96 valence electrons. The summed E-state index contributed by atoms with van der Waals surface area (Å²) in [6.45, 7) is 5.94. The summed E-state index contributed by atoms with van der Waals surface area (Å²) in [6, 6.07) is 0. The number of rotatable bonds is 7. The molecule has 0 atom stereocenters. The highest BCUT2D eigenvalue weighted by Crippen LogP contribution is 1.91. The molecule has 1 amide bonds. The first-order valence-electron chi connectivity index (χ1n) is 5.90. The Bertz CT molecular complexity index is 347. The molecule has 1 aromatic rings. The standard InChI is InChI=1S/C11H21N5O/c1-9(2)6-13-11(17)7-12-5-4-10-15-14-8-16(10)3/h8-9,12H,4-7H2,1-3H3,(H,13,17). The van der Waals surface area contributed by atoms with Crippen molar-refractivity contribution in [3.63, 3.8) is 0 Å². The van der Waals surface area contributed by atoms with Gasteiger partial charge >= 0.3 is 0 Å². The van der Waals surface area contributed by atoms with Crippen LogP contribution in [0.15, 0.2) is 6.33 Å². The molecule has 0 spiro atoms. The summed E-state index contributed by atoms with van der Waals surface area (Å²) in [6.07, 6.45) is 2.44. The fourth-order valence-electron chi connectivity index (χ4n) is 1.32. The second-order valence-electron chi connectivity index (χ2n) is 4.48. The molecule has 0 bridgehead atoms. The molecule has 0 fully saturated rings. The van der Waals surface area contributed by atoms with Gasteiger partial charge in [-0.25, -0.2) is 0 Å². The van der Waals surface area contributed by atoms with Gasteiger partial charge in [-0.05, 0) is 5.92 Å². The number of hydrogen-bond donors (Lipinski definition) is 2. The lowest BCUT2D eigenvalue weighted by Gasteiger charge is -2.08. The topological polar surface area (TPSA) is 71.8 Å². The first-order chi connectivity index (χ1) is 8.09. The Labute approximate surface area is 102 Å². The fraction of sp³-hybridized carbons (Fsp3) is 0.727. The Morgan fingerprint density at radius 2 is 2.29 bits per heavy atom. The van der Waals surface area contributed by atoms with Crippen molar-refractivity contribution in [2.45, 2.75) is 20.3 Å². The van der Waals surface area contributed by atoms with Gasteiger partial charge in [0.05, 0.1) is 6.54 Å². The molecule has 0 aliphatic rings. The Balaban J connectivity index is 2.08. The molecule has 6 heteroatoms. The molecule has 0 radical (unpaired) electrons. The van der Waals surface area contributed by atoms with E-state index in [1.165, 1.54) is 0 Å². The second-order valence-corrected chi connectivity index (χ2v) is 4.48. The van der Waals surface area contributed by atoms with E-state index < -0.39 is 0 Å². The van der Waals surface area contributed by atoms with Crippen LogP contribution in [0, 0.1) is 5.92 Å². The molecule has 2 N–H and O–H groups in total. The summed E-state index contributed by atoms with van der Waals surface area (Å²) in [5.41, 5.74) is 0. The zero-order valence-corrected chi connectivity index (χ0v) is 10.7. The first kappa shape index (κ1) is 13.6. The minimum Gasteiger partial charge on any atom is -0.355 e. The highest BCUT2D eigenvalue weighted by atomic mass is 16.1. The number of hydrogen-bond acceptors (Lipinski definition) is 4. The van der Waals surface area contributed by atoms with Crippen LogP contribution >= 0.6 is 0 Å². The summed E-state index contributed by atoms with van der Waals surface area (Å²) in [4.78, 5) is 11.4. The van der Waals surface area contributed by atoms with E-state index in [-0.39, 0.29) is 5.91 Å². The van der Waals surface area contributed by atoms with Crippen molar-refractivity contribution in [1.29, 1.82) is 0 Å². The minimum atomic E-state index is 0.0386. The van der Waals surface area contributed by atoms with Crippen LogP contribution in [0.25, 0.3) is 0 Å². The van der Waals surface area contributed by atoms with E-state index >= 15 is 0 Å². The second kappa shape index (κ2) is 7.01. The summed E-state index contributed by atoms with van der Waals surface area (Å²) >= 11 is 0. The molecule has 1 aromatic heterocycles. The van der Waals surface area contributed by atoms with Crippen molar-refractivity contribution >= 4 is 5.91 Å². The highest BCUT2D eigenvalue weighted by Gasteiger charge is 2.03. The number of aromatic nitrogens is 3. The maximum Gasteiger partial charge on any atom is 0.233 e. The number of aryl methyl sites for hydroxylation is 1. The summed E-state index contributed by atoms with van der Waals surface area (Å²) in [5.74, 6) is 1.44. The molecule has 0 unspecified atom stereocenters. The van der Waals surface area contributed by atoms with Gasteiger partial charge in [0, 0.05) is 26.6 Å². The minimum absolute atomic E-state index is 0.0386. The molecule has 0 aliphatic carbocycles. The molecule has 0 saturated heterocycles. The van der Waals surface area contributed by atoms with Gasteiger partial charge in [0.1, 0.15) is 12.2 Å². The Kier molecular flexibility index (Phi) is 5.62. The number of carbonyl (C=O) groups is 1. The van der Waals surface area contributed by atoms with Crippen LogP contribution in [-0.4, -0.2) is 40.3 Å².